The van der Waals surface area contributed by atoms with Crippen molar-refractivity contribution in [1.82, 2.24) is 4.90 Å². The lowest BCUT2D eigenvalue weighted by Crippen LogP contribution is -2.35. The van der Waals surface area contributed by atoms with E-state index in [-0.39, 0.29) is 18.1 Å². The molecule has 0 radical (unpaired) electrons. The van der Waals surface area contributed by atoms with Crippen molar-refractivity contribution in [1.29, 1.82) is 5.26 Å². The number of esters is 1. The van der Waals surface area contributed by atoms with Crippen LogP contribution >= 0.6 is 0 Å². The zero-order valence-electron chi connectivity index (χ0n) is 20.5. The lowest BCUT2D eigenvalue weighted by molar-refractivity contribution is -0.135. The second kappa shape index (κ2) is 12.8. The number of anilines is 1. The molecule has 1 atom stereocenters. The Balaban J connectivity index is 2.21. The van der Waals surface area contributed by atoms with Crippen LogP contribution in [0.4, 0.5) is 5.69 Å². The summed E-state index contributed by atoms with van der Waals surface area (Å²) in [5, 5.41) is 12.2. The third kappa shape index (κ3) is 7.61. The Bertz CT molecular complexity index is 1130. The third-order valence-corrected chi connectivity index (χ3v) is 4.69. The van der Waals surface area contributed by atoms with Crippen LogP contribution in [-0.2, 0) is 14.3 Å². The molecule has 184 valence electrons. The molecule has 0 spiro atoms. The molecule has 2 amide bonds. The zero-order valence-corrected chi connectivity index (χ0v) is 20.5. The van der Waals surface area contributed by atoms with Gasteiger partial charge in [0.25, 0.3) is 11.8 Å². The van der Waals surface area contributed by atoms with Crippen molar-refractivity contribution in [2.75, 3.05) is 32.6 Å². The van der Waals surface area contributed by atoms with Crippen LogP contribution in [0.2, 0.25) is 0 Å². The van der Waals surface area contributed by atoms with Gasteiger partial charge in [-0.25, -0.2) is 4.79 Å². The molecule has 2 rings (SSSR count). The van der Waals surface area contributed by atoms with Crippen molar-refractivity contribution < 1.29 is 28.6 Å². The molecule has 0 saturated carbocycles. The molecule has 0 aliphatic rings. The van der Waals surface area contributed by atoms with E-state index in [0.717, 1.165) is 0 Å². The van der Waals surface area contributed by atoms with Gasteiger partial charge < -0.3 is 24.4 Å². The van der Waals surface area contributed by atoms with Crippen LogP contribution in [0, 0.1) is 11.3 Å². The Kier molecular flexibility index (Phi) is 9.84. The smallest absolute Gasteiger partial charge is 0.338 e. The molecule has 9 heteroatoms. The summed E-state index contributed by atoms with van der Waals surface area (Å²) in [5.74, 6) is -0.515. The van der Waals surface area contributed by atoms with Gasteiger partial charge in [0.15, 0.2) is 17.6 Å². The fourth-order valence-electron chi connectivity index (χ4n) is 3.00. The number of carbonyl (C=O) groups is 3. The summed E-state index contributed by atoms with van der Waals surface area (Å²) in [4.78, 5) is 38.0. The molecule has 0 fully saturated rings. The fourth-order valence-corrected chi connectivity index (χ4v) is 3.00. The summed E-state index contributed by atoms with van der Waals surface area (Å²) >= 11 is 0. The standard InChI is InChI=1S/C26H29N3O6/c1-6-33-23-15-18(8-13-22(23)35-17(3)25(31)29(4)5)14-20(16-27)24(30)28-21-11-9-19(10-12-21)26(32)34-7-2/h8-15,17H,6-7H2,1-5H3,(H,28,30)/b20-14+. The van der Waals surface area contributed by atoms with Crippen LogP contribution in [0.25, 0.3) is 6.08 Å². The second-order valence-corrected chi connectivity index (χ2v) is 7.55. The topological polar surface area (TPSA) is 118 Å². The van der Waals surface area contributed by atoms with Crippen molar-refractivity contribution in [2.45, 2.75) is 26.9 Å². The number of ether oxygens (including phenoxy) is 3. The minimum Gasteiger partial charge on any atom is -0.490 e. The SMILES string of the molecule is CCOC(=O)c1ccc(NC(=O)/C(C#N)=C/c2ccc(OC(C)C(=O)N(C)C)c(OCC)c2)cc1. The van der Waals surface area contributed by atoms with Crippen LogP contribution < -0.4 is 14.8 Å². The number of nitriles is 1. The molecule has 2 aromatic carbocycles. The Morgan fingerprint density at radius 2 is 1.74 bits per heavy atom. The highest BCUT2D eigenvalue weighted by Crippen LogP contribution is 2.30. The van der Waals surface area contributed by atoms with E-state index in [1.54, 1.807) is 58.3 Å². The molecule has 0 bridgehead atoms. The summed E-state index contributed by atoms with van der Waals surface area (Å²) in [5.41, 5.74) is 1.18. The molecule has 1 N–H and O–H groups in total. The van der Waals surface area contributed by atoms with E-state index >= 15 is 0 Å². The largest absolute Gasteiger partial charge is 0.490 e. The summed E-state index contributed by atoms with van der Waals surface area (Å²) in [7, 11) is 3.28. The van der Waals surface area contributed by atoms with E-state index in [2.05, 4.69) is 5.32 Å². The Morgan fingerprint density at radius 3 is 2.31 bits per heavy atom. The number of nitrogens with one attached hydrogen (secondary N) is 1. The average Bonchev–Trinajstić information content (AvgIpc) is 2.84. The average molecular weight is 480 g/mol. The van der Waals surface area contributed by atoms with Gasteiger partial charge in [-0.2, -0.15) is 5.26 Å². The van der Waals surface area contributed by atoms with Crippen molar-refractivity contribution in [2.24, 2.45) is 0 Å². The Hall–Kier alpha value is -4.32. The van der Waals surface area contributed by atoms with Crippen LogP contribution in [0.15, 0.2) is 48.0 Å². The molecule has 0 aromatic heterocycles. The van der Waals surface area contributed by atoms with Gasteiger partial charge in [0, 0.05) is 19.8 Å². The number of amides is 2. The summed E-state index contributed by atoms with van der Waals surface area (Å²) in [6.45, 7) is 5.78. The summed E-state index contributed by atoms with van der Waals surface area (Å²) < 4.78 is 16.3. The molecule has 0 saturated heterocycles. The number of nitrogens with zero attached hydrogens (tertiary/aromatic N) is 2. The van der Waals surface area contributed by atoms with E-state index in [1.165, 1.54) is 23.1 Å². The van der Waals surface area contributed by atoms with Gasteiger partial charge in [0.1, 0.15) is 11.6 Å². The van der Waals surface area contributed by atoms with E-state index in [4.69, 9.17) is 14.2 Å². The monoisotopic (exact) mass is 479 g/mol. The number of hydrogen-bond acceptors (Lipinski definition) is 7. The fraction of sp³-hybridized carbons (Fsp3) is 0.308. The maximum absolute atomic E-state index is 12.6. The van der Waals surface area contributed by atoms with E-state index < -0.39 is 18.0 Å². The van der Waals surface area contributed by atoms with Crippen LogP contribution in [-0.4, -0.2) is 56.1 Å². The number of rotatable bonds is 10. The number of benzene rings is 2. The molecule has 2 aromatic rings. The van der Waals surface area contributed by atoms with Gasteiger partial charge in [-0.1, -0.05) is 6.07 Å². The predicted octanol–water partition coefficient (Wildman–Crippen LogP) is 3.66. The van der Waals surface area contributed by atoms with Gasteiger partial charge in [-0.3, -0.25) is 9.59 Å². The van der Waals surface area contributed by atoms with Crippen LogP contribution in [0.5, 0.6) is 11.5 Å². The molecule has 1 unspecified atom stereocenters. The molecule has 0 aliphatic carbocycles. The molecule has 9 nitrogen and oxygen atoms in total. The second-order valence-electron chi connectivity index (χ2n) is 7.55. The number of carbonyl (C=O) groups excluding carboxylic acids is 3. The number of likely N-dealkylation sites (N-methyl/N-ethyl adjacent to an activating group) is 1. The van der Waals surface area contributed by atoms with Gasteiger partial charge in [0.05, 0.1) is 18.8 Å². The van der Waals surface area contributed by atoms with E-state index in [0.29, 0.717) is 34.9 Å². The molecule has 0 heterocycles. The first-order valence-electron chi connectivity index (χ1n) is 11.0. The molecular weight excluding hydrogens is 450 g/mol. The normalized spacial score (nSPS) is 11.6. The highest BCUT2D eigenvalue weighted by atomic mass is 16.5. The summed E-state index contributed by atoms with van der Waals surface area (Å²) in [6, 6.07) is 13.0. The Labute approximate surface area is 204 Å². The van der Waals surface area contributed by atoms with Crippen molar-refractivity contribution in [3.63, 3.8) is 0 Å². The maximum atomic E-state index is 12.6. The van der Waals surface area contributed by atoms with Crippen LogP contribution in [0.1, 0.15) is 36.7 Å². The number of hydrogen-bond donors (Lipinski definition) is 1. The minimum atomic E-state index is -0.721. The predicted molar refractivity (Wildman–Crippen MR) is 131 cm³/mol. The third-order valence-electron chi connectivity index (χ3n) is 4.69. The van der Waals surface area contributed by atoms with Crippen molar-refractivity contribution in [3.05, 3.63) is 59.2 Å². The van der Waals surface area contributed by atoms with Gasteiger partial charge in [-0.05, 0) is 68.8 Å². The first-order valence-corrected chi connectivity index (χ1v) is 11.0. The van der Waals surface area contributed by atoms with Gasteiger partial charge in [-0.15, -0.1) is 0 Å². The first-order chi connectivity index (χ1) is 16.7. The molecule has 35 heavy (non-hydrogen) atoms. The minimum absolute atomic E-state index is 0.133. The molecule has 0 aliphatic heterocycles. The van der Waals surface area contributed by atoms with Crippen molar-refractivity contribution >= 4 is 29.5 Å². The first kappa shape index (κ1) is 26.9. The van der Waals surface area contributed by atoms with Gasteiger partial charge in [0.2, 0.25) is 0 Å². The van der Waals surface area contributed by atoms with E-state index in [1.807, 2.05) is 13.0 Å². The van der Waals surface area contributed by atoms with E-state index in [9.17, 15) is 19.6 Å². The zero-order chi connectivity index (χ0) is 26.0. The van der Waals surface area contributed by atoms with Crippen LogP contribution in [0.3, 0.4) is 0 Å². The lowest BCUT2D eigenvalue weighted by Gasteiger charge is -2.20. The highest BCUT2D eigenvalue weighted by molar-refractivity contribution is 6.09. The van der Waals surface area contributed by atoms with Gasteiger partial charge >= 0.3 is 5.97 Å². The van der Waals surface area contributed by atoms with Crippen molar-refractivity contribution in [3.8, 4) is 17.6 Å². The lowest BCUT2D eigenvalue weighted by atomic mass is 10.1. The Morgan fingerprint density at radius 1 is 1.06 bits per heavy atom. The maximum Gasteiger partial charge on any atom is 0.338 e. The quantitative estimate of drug-likeness (QED) is 0.314. The molecular formula is C26H29N3O6. The summed E-state index contributed by atoms with van der Waals surface area (Å²) in [6.07, 6.45) is 0.699. The highest BCUT2D eigenvalue weighted by Gasteiger charge is 2.19.